The zero-order valence-corrected chi connectivity index (χ0v) is 10.9. The number of rotatable bonds is 2. The molecule has 0 amide bonds. The van der Waals surface area contributed by atoms with Gasteiger partial charge in [-0.25, -0.2) is 0 Å². The van der Waals surface area contributed by atoms with E-state index in [0.29, 0.717) is 4.38 Å². The van der Waals surface area contributed by atoms with Crippen LogP contribution >= 0.6 is 34.9 Å². The fourth-order valence-electron chi connectivity index (χ4n) is 0.711. The average molecular weight is 267 g/mol. The summed E-state index contributed by atoms with van der Waals surface area (Å²) in [6.45, 7) is 0. The number of nitrogens with zero attached hydrogens (tertiary/aromatic N) is 1. The van der Waals surface area contributed by atoms with Gasteiger partial charge in [0.25, 0.3) is 10.0 Å². The summed E-state index contributed by atoms with van der Waals surface area (Å²) in [4.78, 5) is 0. The van der Waals surface area contributed by atoms with Gasteiger partial charge in [0, 0.05) is 0 Å². The number of thioether (sulfide) groups is 2. The molecule has 0 atom stereocenters. The van der Waals surface area contributed by atoms with Gasteiger partial charge in [-0.3, -0.25) is 0 Å². The Morgan fingerprint density at radius 2 is 2.07 bits per heavy atom. The van der Waals surface area contributed by atoms with E-state index in [9.17, 15) is 8.42 Å². The van der Waals surface area contributed by atoms with Crippen molar-refractivity contribution in [3.8, 4) is 0 Å². The molecule has 1 aromatic heterocycles. The van der Waals surface area contributed by atoms with Crippen LogP contribution in [0.1, 0.15) is 0 Å². The van der Waals surface area contributed by atoms with Crippen molar-refractivity contribution in [1.29, 1.82) is 0 Å². The minimum absolute atomic E-state index is 0.290. The van der Waals surface area contributed by atoms with E-state index in [1.807, 2.05) is 0 Å². The molecule has 1 rings (SSSR count). The number of hydrogen-bond donors (Lipinski definition) is 0. The molecule has 0 fully saturated rings. The first-order valence-electron chi connectivity index (χ1n) is 3.56. The smallest absolute Gasteiger partial charge is 0.198 e. The number of thiophene rings is 1. The highest BCUT2D eigenvalue weighted by Crippen LogP contribution is 2.21. The SMILES string of the molecule is CSC(=NS(=O)(=O)c1cccs1)SC. The summed E-state index contributed by atoms with van der Waals surface area (Å²) < 4.78 is 27.8. The molecule has 0 bridgehead atoms. The molecule has 0 aliphatic rings. The molecule has 1 heterocycles. The van der Waals surface area contributed by atoms with Crippen LogP contribution in [0.25, 0.3) is 0 Å². The minimum Gasteiger partial charge on any atom is -0.198 e. The standard InChI is InChI=1S/C7H9NO2S4/c1-11-7(12-2)8-14(9,10)6-4-3-5-13-6/h3-5H,1-2H3. The quantitative estimate of drug-likeness (QED) is 0.610. The molecule has 0 aliphatic carbocycles. The highest BCUT2D eigenvalue weighted by atomic mass is 32.2. The predicted octanol–water partition coefficient (Wildman–Crippen LogP) is 2.52. The molecule has 0 radical (unpaired) electrons. The summed E-state index contributed by atoms with van der Waals surface area (Å²) in [5.41, 5.74) is 0. The number of sulfonamides is 1. The zero-order valence-electron chi connectivity index (χ0n) is 7.63. The minimum atomic E-state index is -3.48. The van der Waals surface area contributed by atoms with Crippen molar-refractivity contribution in [1.82, 2.24) is 0 Å². The van der Waals surface area contributed by atoms with Gasteiger partial charge in [-0.2, -0.15) is 8.42 Å². The second kappa shape index (κ2) is 5.20. The van der Waals surface area contributed by atoms with Gasteiger partial charge in [0.2, 0.25) is 0 Å². The summed E-state index contributed by atoms with van der Waals surface area (Å²) in [5.74, 6) is 0. The molecule has 0 saturated carbocycles. The van der Waals surface area contributed by atoms with Crippen LogP contribution in [0, 0.1) is 0 Å². The van der Waals surface area contributed by atoms with E-state index in [4.69, 9.17) is 0 Å². The van der Waals surface area contributed by atoms with Crippen molar-refractivity contribution in [2.75, 3.05) is 12.5 Å². The van der Waals surface area contributed by atoms with Gasteiger partial charge in [0.1, 0.15) is 8.58 Å². The maximum absolute atomic E-state index is 11.6. The van der Waals surface area contributed by atoms with Crippen molar-refractivity contribution in [2.24, 2.45) is 4.40 Å². The molecule has 0 aromatic carbocycles. The molecular weight excluding hydrogens is 258 g/mol. The number of hydrogen-bond acceptors (Lipinski definition) is 5. The Morgan fingerprint density at radius 1 is 1.43 bits per heavy atom. The normalized spacial score (nSPS) is 11.3. The Labute approximate surface area is 96.1 Å². The molecule has 0 saturated heterocycles. The fraction of sp³-hybridized carbons (Fsp3) is 0.286. The van der Waals surface area contributed by atoms with E-state index < -0.39 is 10.0 Å². The van der Waals surface area contributed by atoms with E-state index in [1.54, 1.807) is 30.0 Å². The van der Waals surface area contributed by atoms with Gasteiger partial charge >= 0.3 is 0 Å². The Hall–Kier alpha value is 0.0200. The van der Waals surface area contributed by atoms with Gasteiger partial charge in [-0.1, -0.05) is 6.07 Å². The summed E-state index contributed by atoms with van der Waals surface area (Å²) in [6.07, 6.45) is 3.61. The van der Waals surface area contributed by atoms with E-state index >= 15 is 0 Å². The molecular formula is C7H9NO2S4. The van der Waals surface area contributed by atoms with Crippen LogP contribution in [0.15, 0.2) is 26.1 Å². The maximum Gasteiger partial charge on any atom is 0.293 e. The lowest BCUT2D eigenvalue weighted by atomic mass is 10.7. The van der Waals surface area contributed by atoms with Gasteiger partial charge < -0.3 is 0 Å². The first-order chi connectivity index (χ1) is 6.60. The van der Waals surface area contributed by atoms with Crippen LogP contribution in [0.5, 0.6) is 0 Å². The third kappa shape index (κ3) is 3.01. The van der Waals surface area contributed by atoms with Gasteiger partial charge in [0.15, 0.2) is 0 Å². The maximum atomic E-state index is 11.6. The highest BCUT2D eigenvalue weighted by molar-refractivity contribution is 8.38. The lowest BCUT2D eigenvalue weighted by Crippen LogP contribution is -1.96. The molecule has 3 nitrogen and oxygen atoms in total. The average Bonchev–Trinajstić information content (AvgIpc) is 2.67. The second-order valence-corrected chi connectivity index (χ2v) is 6.80. The van der Waals surface area contributed by atoms with E-state index in [1.165, 1.54) is 34.9 Å². The molecule has 14 heavy (non-hydrogen) atoms. The van der Waals surface area contributed by atoms with Crippen molar-refractivity contribution < 1.29 is 8.42 Å². The van der Waals surface area contributed by atoms with Crippen LogP contribution in [0.3, 0.4) is 0 Å². The predicted molar refractivity (Wildman–Crippen MR) is 66.0 cm³/mol. The Kier molecular flexibility index (Phi) is 4.49. The van der Waals surface area contributed by atoms with Crippen LogP contribution in [0.2, 0.25) is 0 Å². The topological polar surface area (TPSA) is 46.5 Å². The lowest BCUT2D eigenvalue weighted by molar-refractivity contribution is 0.600. The van der Waals surface area contributed by atoms with E-state index in [-0.39, 0.29) is 4.21 Å². The molecule has 0 N–H and O–H groups in total. The summed E-state index contributed by atoms with van der Waals surface area (Å²) >= 11 is 3.84. The zero-order chi connectivity index (χ0) is 10.6. The Bertz CT molecular complexity index is 401. The largest absolute Gasteiger partial charge is 0.293 e. The Balaban J connectivity index is 3.04. The third-order valence-corrected chi connectivity index (χ3v) is 6.06. The molecule has 7 heteroatoms. The summed E-state index contributed by atoms with van der Waals surface area (Å²) in [6, 6.07) is 3.26. The first kappa shape index (κ1) is 12.1. The molecule has 0 unspecified atom stereocenters. The van der Waals surface area contributed by atoms with Crippen molar-refractivity contribution in [3.05, 3.63) is 17.5 Å². The molecule has 0 spiro atoms. The van der Waals surface area contributed by atoms with Crippen LogP contribution in [-0.4, -0.2) is 25.3 Å². The second-order valence-electron chi connectivity index (χ2n) is 2.17. The van der Waals surface area contributed by atoms with Crippen molar-refractivity contribution in [3.63, 3.8) is 0 Å². The van der Waals surface area contributed by atoms with Gasteiger partial charge in [0.05, 0.1) is 0 Å². The highest BCUT2D eigenvalue weighted by Gasteiger charge is 2.14. The lowest BCUT2D eigenvalue weighted by Gasteiger charge is -1.97. The van der Waals surface area contributed by atoms with Crippen molar-refractivity contribution in [2.45, 2.75) is 4.21 Å². The Morgan fingerprint density at radius 3 is 2.50 bits per heavy atom. The van der Waals surface area contributed by atoms with Crippen LogP contribution in [0.4, 0.5) is 0 Å². The third-order valence-electron chi connectivity index (χ3n) is 1.29. The fourth-order valence-corrected chi connectivity index (χ4v) is 4.31. The van der Waals surface area contributed by atoms with Crippen LogP contribution < -0.4 is 0 Å². The van der Waals surface area contributed by atoms with Gasteiger partial charge in [-0.05, 0) is 24.0 Å². The monoisotopic (exact) mass is 267 g/mol. The van der Waals surface area contributed by atoms with E-state index in [2.05, 4.69) is 4.40 Å². The van der Waals surface area contributed by atoms with Crippen LogP contribution in [-0.2, 0) is 10.0 Å². The summed E-state index contributed by atoms with van der Waals surface area (Å²) in [5, 5.41) is 1.72. The molecule has 0 aliphatic heterocycles. The van der Waals surface area contributed by atoms with Crippen molar-refractivity contribution >= 4 is 49.3 Å². The first-order valence-corrected chi connectivity index (χ1v) is 8.33. The van der Waals surface area contributed by atoms with E-state index in [0.717, 1.165) is 0 Å². The summed E-state index contributed by atoms with van der Waals surface area (Å²) in [7, 11) is -3.48. The van der Waals surface area contributed by atoms with Gasteiger partial charge in [-0.15, -0.1) is 39.3 Å². The molecule has 78 valence electrons. The molecule has 1 aromatic rings.